The molecule has 1 aromatic carbocycles. The molecule has 1 heterocycles. The minimum absolute atomic E-state index is 0.275. The molecular weight excluding hydrogens is 263 g/mol. The van der Waals surface area contributed by atoms with Crippen LogP contribution < -0.4 is 0 Å². The average molecular weight is 279 g/mol. The van der Waals surface area contributed by atoms with Crippen LogP contribution in [0.4, 0.5) is 4.39 Å². The molecule has 2 aromatic rings. The maximum atomic E-state index is 13.9. The Labute approximate surface area is 117 Å². The molecule has 0 unspecified atom stereocenters. The Morgan fingerprint density at radius 1 is 1.32 bits per heavy atom. The van der Waals surface area contributed by atoms with Crippen molar-refractivity contribution in [3.63, 3.8) is 0 Å². The number of hydrogen-bond acceptors (Lipinski definition) is 1. The molecular formula is C15H16ClFN2. The molecule has 0 aliphatic heterocycles. The smallest absolute Gasteiger partial charge is 0.142 e. The zero-order valence-corrected chi connectivity index (χ0v) is 11.4. The Morgan fingerprint density at radius 3 is 2.89 bits per heavy atom. The summed E-state index contributed by atoms with van der Waals surface area (Å²) in [6.07, 6.45) is 8.78. The van der Waals surface area contributed by atoms with Gasteiger partial charge in [0.2, 0.25) is 0 Å². The summed E-state index contributed by atoms with van der Waals surface area (Å²) in [5, 5.41) is 0.534. The van der Waals surface area contributed by atoms with Crippen molar-refractivity contribution in [2.75, 3.05) is 0 Å². The van der Waals surface area contributed by atoms with Crippen LogP contribution in [-0.4, -0.2) is 9.55 Å². The number of rotatable bonds is 3. The van der Waals surface area contributed by atoms with Crippen molar-refractivity contribution in [1.29, 1.82) is 0 Å². The van der Waals surface area contributed by atoms with Crippen LogP contribution in [0.2, 0.25) is 5.02 Å². The lowest BCUT2D eigenvalue weighted by atomic mass is 10.1. The zero-order chi connectivity index (χ0) is 13.2. The van der Waals surface area contributed by atoms with Crippen molar-refractivity contribution in [3.05, 3.63) is 41.4 Å². The van der Waals surface area contributed by atoms with Crippen molar-refractivity contribution < 1.29 is 4.39 Å². The van der Waals surface area contributed by atoms with E-state index in [1.165, 1.54) is 31.7 Å². The summed E-state index contributed by atoms with van der Waals surface area (Å²) < 4.78 is 16.0. The van der Waals surface area contributed by atoms with Crippen molar-refractivity contribution in [1.82, 2.24) is 9.55 Å². The molecule has 3 rings (SSSR count). The molecule has 0 radical (unpaired) electrons. The van der Waals surface area contributed by atoms with Crippen LogP contribution in [0.15, 0.2) is 30.6 Å². The molecule has 0 atom stereocenters. The molecule has 4 heteroatoms. The molecule has 2 nitrogen and oxygen atoms in total. The van der Waals surface area contributed by atoms with E-state index in [0.717, 1.165) is 6.54 Å². The van der Waals surface area contributed by atoms with Crippen LogP contribution in [-0.2, 0) is 6.54 Å². The van der Waals surface area contributed by atoms with E-state index in [2.05, 4.69) is 4.98 Å². The molecule has 1 aromatic heterocycles. The molecule has 0 saturated heterocycles. The second-order valence-electron chi connectivity index (χ2n) is 5.18. The van der Waals surface area contributed by atoms with Crippen LogP contribution in [0.3, 0.4) is 0 Å². The lowest BCUT2D eigenvalue weighted by molar-refractivity contribution is 0.459. The summed E-state index contributed by atoms with van der Waals surface area (Å²) in [7, 11) is 0. The maximum absolute atomic E-state index is 13.9. The monoisotopic (exact) mass is 278 g/mol. The molecule has 0 N–H and O–H groups in total. The third-order valence-corrected chi connectivity index (χ3v) is 4.05. The number of nitrogens with zero attached hydrogens (tertiary/aromatic N) is 2. The first-order valence-corrected chi connectivity index (χ1v) is 7.08. The van der Waals surface area contributed by atoms with Crippen LogP contribution in [0.25, 0.3) is 11.4 Å². The van der Waals surface area contributed by atoms with Gasteiger partial charge in [0.05, 0.1) is 5.56 Å². The normalized spacial score (nSPS) is 16.1. The highest BCUT2D eigenvalue weighted by Gasteiger charge is 2.18. The van der Waals surface area contributed by atoms with Crippen LogP contribution in [0.5, 0.6) is 0 Å². The molecule has 19 heavy (non-hydrogen) atoms. The Morgan fingerprint density at radius 2 is 2.11 bits per heavy atom. The van der Waals surface area contributed by atoms with E-state index >= 15 is 0 Å². The Bertz CT molecular complexity index is 573. The van der Waals surface area contributed by atoms with Crippen molar-refractivity contribution in [2.24, 2.45) is 5.92 Å². The summed E-state index contributed by atoms with van der Waals surface area (Å²) in [6.45, 7) is 0.918. The summed E-state index contributed by atoms with van der Waals surface area (Å²) in [6, 6.07) is 4.60. The predicted molar refractivity (Wildman–Crippen MR) is 74.6 cm³/mol. The number of aromatic nitrogens is 2. The molecule has 1 aliphatic carbocycles. The summed E-state index contributed by atoms with van der Waals surface area (Å²) in [5.41, 5.74) is 0.482. The van der Waals surface area contributed by atoms with Gasteiger partial charge in [0.1, 0.15) is 11.6 Å². The molecule has 100 valence electrons. The van der Waals surface area contributed by atoms with Crippen molar-refractivity contribution >= 4 is 11.6 Å². The fourth-order valence-corrected chi connectivity index (χ4v) is 3.01. The van der Waals surface area contributed by atoms with Gasteiger partial charge in [-0.2, -0.15) is 0 Å². The highest BCUT2D eigenvalue weighted by atomic mass is 35.5. The topological polar surface area (TPSA) is 17.8 Å². The Balaban J connectivity index is 1.92. The second kappa shape index (κ2) is 5.33. The summed E-state index contributed by atoms with van der Waals surface area (Å²) in [4.78, 5) is 4.29. The molecule has 0 bridgehead atoms. The SMILES string of the molecule is Fc1ccc(Cl)cc1-c1nccn1CC1CCCC1. The minimum Gasteiger partial charge on any atom is -0.331 e. The molecule has 0 amide bonds. The first-order valence-electron chi connectivity index (χ1n) is 6.70. The van der Waals surface area contributed by atoms with Gasteiger partial charge >= 0.3 is 0 Å². The van der Waals surface area contributed by atoms with E-state index in [4.69, 9.17) is 11.6 Å². The average Bonchev–Trinajstić information content (AvgIpc) is 3.04. The number of benzene rings is 1. The maximum Gasteiger partial charge on any atom is 0.142 e. The summed E-state index contributed by atoms with van der Waals surface area (Å²) >= 11 is 5.95. The van der Waals surface area contributed by atoms with Gasteiger partial charge in [-0.05, 0) is 37.0 Å². The van der Waals surface area contributed by atoms with E-state index in [0.29, 0.717) is 22.3 Å². The van der Waals surface area contributed by atoms with E-state index in [1.54, 1.807) is 18.3 Å². The highest BCUT2D eigenvalue weighted by molar-refractivity contribution is 6.30. The fraction of sp³-hybridized carbons (Fsp3) is 0.400. The lowest BCUT2D eigenvalue weighted by Crippen LogP contribution is -2.08. The van der Waals surface area contributed by atoms with Crippen molar-refractivity contribution in [2.45, 2.75) is 32.2 Å². The van der Waals surface area contributed by atoms with E-state index in [-0.39, 0.29) is 5.82 Å². The quantitative estimate of drug-likeness (QED) is 0.806. The Kier molecular flexibility index (Phi) is 3.56. The van der Waals surface area contributed by atoms with Crippen LogP contribution in [0, 0.1) is 11.7 Å². The van der Waals surface area contributed by atoms with Gasteiger partial charge in [-0.15, -0.1) is 0 Å². The van der Waals surface area contributed by atoms with Crippen molar-refractivity contribution in [3.8, 4) is 11.4 Å². The van der Waals surface area contributed by atoms with Gasteiger partial charge in [0, 0.05) is 24.0 Å². The third kappa shape index (κ3) is 2.66. The predicted octanol–water partition coefficient (Wildman–Crippen LogP) is 4.53. The van der Waals surface area contributed by atoms with Crippen LogP contribution in [0.1, 0.15) is 25.7 Å². The van der Waals surface area contributed by atoms with Gasteiger partial charge in [-0.25, -0.2) is 9.37 Å². The van der Waals surface area contributed by atoms with Gasteiger partial charge < -0.3 is 4.57 Å². The van der Waals surface area contributed by atoms with Gasteiger partial charge in [-0.1, -0.05) is 24.4 Å². The third-order valence-electron chi connectivity index (χ3n) is 3.81. The highest BCUT2D eigenvalue weighted by Crippen LogP contribution is 2.29. The second-order valence-corrected chi connectivity index (χ2v) is 5.61. The zero-order valence-electron chi connectivity index (χ0n) is 10.6. The lowest BCUT2D eigenvalue weighted by Gasteiger charge is -2.13. The first-order chi connectivity index (χ1) is 9.24. The number of hydrogen-bond donors (Lipinski definition) is 0. The van der Waals surface area contributed by atoms with Gasteiger partial charge in [-0.3, -0.25) is 0 Å². The van der Waals surface area contributed by atoms with E-state index in [1.807, 2.05) is 10.8 Å². The molecule has 1 saturated carbocycles. The van der Waals surface area contributed by atoms with E-state index < -0.39 is 0 Å². The van der Waals surface area contributed by atoms with Crippen LogP contribution >= 0.6 is 11.6 Å². The number of halogens is 2. The summed E-state index contributed by atoms with van der Waals surface area (Å²) in [5.74, 6) is 1.09. The van der Waals surface area contributed by atoms with E-state index in [9.17, 15) is 4.39 Å². The molecule has 1 fully saturated rings. The number of imidazole rings is 1. The minimum atomic E-state index is -0.275. The molecule has 1 aliphatic rings. The largest absolute Gasteiger partial charge is 0.331 e. The van der Waals surface area contributed by atoms with Gasteiger partial charge in [0.25, 0.3) is 0 Å². The van der Waals surface area contributed by atoms with Gasteiger partial charge in [0.15, 0.2) is 0 Å². The standard InChI is InChI=1S/C15H16ClFN2/c16-12-5-6-14(17)13(9-12)15-18-7-8-19(15)10-11-3-1-2-4-11/h5-9,11H,1-4,10H2. The first kappa shape index (κ1) is 12.7. The fourth-order valence-electron chi connectivity index (χ4n) is 2.84. The Hall–Kier alpha value is -1.35. The molecule has 0 spiro atoms.